The molecule has 1 aromatic carbocycles. The van der Waals surface area contributed by atoms with Crippen molar-refractivity contribution >= 4 is 23.4 Å². The molecule has 0 saturated carbocycles. The molecule has 182 valence electrons. The fraction of sp³-hybridized carbons (Fsp3) is 0.143. The predicted molar refractivity (Wildman–Crippen MR) is 140 cm³/mol. The van der Waals surface area contributed by atoms with Crippen molar-refractivity contribution in [2.45, 2.75) is 20.4 Å². The van der Waals surface area contributed by atoms with Gasteiger partial charge in [0, 0.05) is 29.1 Å². The van der Waals surface area contributed by atoms with Gasteiger partial charge in [0.05, 0.1) is 31.1 Å². The molecular formula is C28H23N7O2. The van der Waals surface area contributed by atoms with Crippen LogP contribution in [0.15, 0.2) is 73.2 Å². The van der Waals surface area contributed by atoms with Crippen LogP contribution in [0.5, 0.6) is 0 Å². The van der Waals surface area contributed by atoms with E-state index in [9.17, 15) is 4.79 Å². The summed E-state index contributed by atoms with van der Waals surface area (Å²) in [6, 6.07) is 17.1. The van der Waals surface area contributed by atoms with Crippen LogP contribution in [0.3, 0.4) is 0 Å². The lowest BCUT2D eigenvalue weighted by Gasteiger charge is -2.09. The number of ether oxygens (including phenoxy) is 1. The van der Waals surface area contributed by atoms with Crippen LogP contribution in [0.1, 0.15) is 23.9 Å². The number of carbonyl (C=O) groups excluding carboxylic acids is 1. The number of carbonyl (C=O) groups is 1. The number of benzene rings is 1. The topological polar surface area (TPSA) is 91.6 Å². The molecule has 0 amide bonds. The Bertz CT molecular complexity index is 1670. The first-order valence-corrected chi connectivity index (χ1v) is 11.7. The van der Waals surface area contributed by atoms with Crippen LogP contribution in [0.4, 0.5) is 5.69 Å². The standard InChI is InChI=1S/C28H23N7O2/c1-4-37-27(36)14-12-25-22(11-13-26-30-18-31-35(25)26)23-17-34(16-20-8-6-9-21(15-20)29-3)33-28(23)24-10-5-7-19(2)32-24/h5-15,17-18H,4,16H2,1-2H3/b14-12+. The molecule has 5 rings (SSSR count). The Morgan fingerprint density at radius 1 is 1.14 bits per heavy atom. The Labute approximate surface area is 213 Å². The van der Waals surface area contributed by atoms with Crippen molar-refractivity contribution in [1.29, 1.82) is 0 Å². The quantitative estimate of drug-likeness (QED) is 0.179. The average Bonchev–Trinajstić information content (AvgIpc) is 3.55. The second-order valence-electron chi connectivity index (χ2n) is 8.28. The second kappa shape index (κ2) is 10.3. The number of aromatic nitrogens is 6. The van der Waals surface area contributed by atoms with Gasteiger partial charge in [0.2, 0.25) is 0 Å². The van der Waals surface area contributed by atoms with E-state index in [4.69, 9.17) is 21.4 Å². The Hall–Kier alpha value is -5.10. The molecule has 0 saturated heterocycles. The SMILES string of the molecule is [C-]#[N+]c1cccc(Cn2cc(-c3ccc4ncnn4c3/C=C/C(=O)OCC)c(-c3cccc(C)n3)n2)c1. The van der Waals surface area contributed by atoms with Crippen molar-refractivity contribution in [3.05, 3.63) is 102 Å². The van der Waals surface area contributed by atoms with Crippen LogP contribution in [0.2, 0.25) is 0 Å². The van der Waals surface area contributed by atoms with Gasteiger partial charge in [0.25, 0.3) is 0 Å². The van der Waals surface area contributed by atoms with E-state index in [1.807, 2.05) is 66.3 Å². The minimum Gasteiger partial charge on any atom is -0.463 e. The zero-order valence-corrected chi connectivity index (χ0v) is 20.4. The third-order valence-electron chi connectivity index (χ3n) is 5.71. The first-order valence-electron chi connectivity index (χ1n) is 11.7. The molecule has 9 nitrogen and oxygen atoms in total. The molecule has 0 atom stereocenters. The molecule has 0 aliphatic carbocycles. The van der Waals surface area contributed by atoms with Crippen molar-refractivity contribution in [2.24, 2.45) is 0 Å². The predicted octanol–water partition coefficient (Wildman–Crippen LogP) is 5.14. The maximum atomic E-state index is 12.1. The number of hydrogen-bond donors (Lipinski definition) is 0. The molecular weight excluding hydrogens is 466 g/mol. The number of rotatable bonds is 7. The van der Waals surface area contributed by atoms with E-state index in [-0.39, 0.29) is 6.61 Å². The fourth-order valence-electron chi connectivity index (χ4n) is 4.11. The Morgan fingerprint density at radius 3 is 2.81 bits per heavy atom. The largest absolute Gasteiger partial charge is 0.463 e. The van der Waals surface area contributed by atoms with Gasteiger partial charge in [-0.3, -0.25) is 9.67 Å². The molecule has 0 unspecified atom stereocenters. The maximum Gasteiger partial charge on any atom is 0.330 e. The molecule has 9 heteroatoms. The van der Waals surface area contributed by atoms with Crippen molar-refractivity contribution < 1.29 is 9.53 Å². The highest BCUT2D eigenvalue weighted by Gasteiger charge is 2.19. The van der Waals surface area contributed by atoms with E-state index in [2.05, 4.69) is 14.9 Å². The Balaban J connectivity index is 1.68. The zero-order valence-electron chi connectivity index (χ0n) is 20.4. The van der Waals surface area contributed by atoms with Gasteiger partial charge in [-0.15, -0.1) is 0 Å². The van der Waals surface area contributed by atoms with Gasteiger partial charge in [0.1, 0.15) is 12.0 Å². The smallest absolute Gasteiger partial charge is 0.330 e. The number of fused-ring (bicyclic) bond motifs is 1. The number of pyridine rings is 2. The molecule has 4 heterocycles. The number of aryl methyl sites for hydroxylation is 1. The molecule has 4 aromatic heterocycles. The molecule has 0 bridgehead atoms. The third kappa shape index (κ3) is 4.99. The van der Waals surface area contributed by atoms with Crippen molar-refractivity contribution in [3.8, 4) is 22.5 Å². The molecule has 0 aliphatic heterocycles. The van der Waals surface area contributed by atoms with Crippen LogP contribution in [-0.4, -0.2) is 41.9 Å². The summed E-state index contributed by atoms with van der Waals surface area (Å²) in [6.45, 7) is 11.8. The van der Waals surface area contributed by atoms with Gasteiger partial charge < -0.3 is 4.74 Å². The molecule has 5 aromatic rings. The molecule has 0 fully saturated rings. The van der Waals surface area contributed by atoms with Gasteiger partial charge in [-0.1, -0.05) is 30.3 Å². The van der Waals surface area contributed by atoms with Crippen molar-refractivity contribution in [3.63, 3.8) is 0 Å². The van der Waals surface area contributed by atoms with E-state index in [0.29, 0.717) is 29.3 Å². The summed E-state index contributed by atoms with van der Waals surface area (Å²) in [4.78, 5) is 24.7. The summed E-state index contributed by atoms with van der Waals surface area (Å²) in [6.07, 6.45) is 6.48. The van der Waals surface area contributed by atoms with Crippen molar-refractivity contribution in [2.75, 3.05) is 6.61 Å². The summed E-state index contributed by atoms with van der Waals surface area (Å²) in [5.74, 6) is -0.443. The third-order valence-corrected chi connectivity index (χ3v) is 5.71. The molecule has 0 radical (unpaired) electrons. The molecule has 0 spiro atoms. The van der Waals surface area contributed by atoms with E-state index in [0.717, 1.165) is 28.1 Å². The van der Waals surface area contributed by atoms with Crippen molar-refractivity contribution in [1.82, 2.24) is 29.4 Å². The van der Waals surface area contributed by atoms with Gasteiger partial charge in [-0.2, -0.15) is 10.2 Å². The molecule has 0 N–H and O–H groups in total. The van der Waals surface area contributed by atoms with Gasteiger partial charge in [-0.05, 0) is 49.8 Å². The summed E-state index contributed by atoms with van der Waals surface area (Å²) in [5.41, 5.74) is 6.75. The minimum absolute atomic E-state index is 0.286. The molecule has 37 heavy (non-hydrogen) atoms. The molecule has 0 aliphatic rings. The number of nitrogens with zero attached hydrogens (tertiary/aromatic N) is 7. The average molecular weight is 490 g/mol. The van der Waals surface area contributed by atoms with E-state index in [1.54, 1.807) is 23.6 Å². The normalized spacial score (nSPS) is 11.2. The van der Waals surface area contributed by atoms with Crippen LogP contribution < -0.4 is 0 Å². The van der Waals surface area contributed by atoms with Crippen LogP contribution in [-0.2, 0) is 16.1 Å². The Morgan fingerprint density at radius 2 is 2.00 bits per heavy atom. The Kier molecular flexibility index (Phi) is 6.55. The highest BCUT2D eigenvalue weighted by atomic mass is 16.5. The highest BCUT2D eigenvalue weighted by molar-refractivity contribution is 5.90. The summed E-state index contributed by atoms with van der Waals surface area (Å²) < 4.78 is 8.59. The van der Waals surface area contributed by atoms with E-state index >= 15 is 0 Å². The monoisotopic (exact) mass is 489 g/mol. The zero-order chi connectivity index (χ0) is 25.8. The van der Waals surface area contributed by atoms with E-state index < -0.39 is 5.97 Å². The van der Waals surface area contributed by atoms with E-state index in [1.165, 1.54) is 12.4 Å². The second-order valence-corrected chi connectivity index (χ2v) is 8.28. The summed E-state index contributed by atoms with van der Waals surface area (Å²) in [5, 5.41) is 9.27. The lowest BCUT2D eigenvalue weighted by molar-refractivity contribution is -0.137. The van der Waals surface area contributed by atoms with Gasteiger partial charge in [0.15, 0.2) is 11.3 Å². The fourth-order valence-corrected chi connectivity index (χ4v) is 4.11. The summed E-state index contributed by atoms with van der Waals surface area (Å²) in [7, 11) is 0. The lowest BCUT2D eigenvalue weighted by atomic mass is 10.0. The lowest BCUT2D eigenvalue weighted by Crippen LogP contribution is -2.01. The number of hydrogen-bond acceptors (Lipinski definition) is 6. The van der Waals surface area contributed by atoms with Gasteiger partial charge >= 0.3 is 5.97 Å². The summed E-state index contributed by atoms with van der Waals surface area (Å²) >= 11 is 0. The van der Waals surface area contributed by atoms with Gasteiger partial charge in [-0.25, -0.2) is 19.1 Å². The number of esters is 1. The first-order chi connectivity index (χ1) is 18.1. The minimum atomic E-state index is -0.443. The van der Waals surface area contributed by atoms with Crippen LogP contribution in [0, 0.1) is 13.5 Å². The van der Waals surface area contributed by atoms with Crippen LogP contribution in [0.25, 0.3) is 39.1 Å². The first kappa shape index (κ1) is 23.6. The highest BCUT2D eigenvalue weighted by Crippen LogP contribution is 2.34. The van der Waals surface area contributed by atoms with Crippen LogP contribution >= 0.6 is 0 Å². The maximum absolute atomic E-state index is 12.1.